The number of hydrogen-bond acceptors (Lipinski definition) is 2. The monoisotopic (exact) mass is 610 g/mol. The topological polar surface area (TPSA) is 25.8 Å². The van der Waals surface area contributed by atoms with Gasteiger partial charge >= 0.3 is 0 Å². The summed E-state index contributed by atoms with van der Waals surface area (Å²) in [6.07, 6.45) is 5.56. The Hall–Kier alpha value is -6.38. The van der Waals surface area contributed by atoms with E-state index in [1.54, 1.807) is 0 Å². The van der Waals surface area contributed by atoms with Crippen molar-refractivity contribution in [1.29, 1.82) is 0 Å². The van der Waals surface area contributed by atoms with Crippen LogP contribution in [0.2, 0.25) is 0 Å². The molecule has 0 fully saturated rings. The lowest BCUT2D eigenvalue weighted by molar-refractivity contribution is 1.32. The average molecular weight is 611 g/mol. The molecule has 224 valence electrons. The Balaban J connectivity index is 1.05. The van der Waals surface area contributed by atoms with Crippen LogP contribution < -0.4 is 0 Å². The molecule has 2 nitrogen and oxygen atoms in total. The van der Waals surface area contributed by atoms with Crippen molar-refractivity contribution in [2.24, 2.45) is 0 Å². The van der Waals surface area contributed by atoms with E-state index in [1.165, 1.54) is 54.6 Å². The van der Waals surface area contributed by atoms with Crippen LogP contribution in [0, 0.1) is 0 Å². The molecular formula is C46H30N2. The molecule has 0 N–H and O–H groups in total. The first-order valence-corrected chi connectivity index (χ1v) is 16.3. The molecule has 9 aromatic rings. The van der Waals surface area contributed by atoms with Crippen molar-refractivity contribution in [1.82, 2.24) is 9.97 Å². The molecule has 48 heavy (non-hydrogen) atoms. The first-order valence-electron chi connectivity index (χ1n) is 16.3. The number of pyridine rings is 2. The molecule has 2 heteroatoms. The third kappa shape index (κ3) is 5.01. The highest BCUT2D eigenvalue weighted by molar-refractivity contribution is 6.25. The zero-order chi connectivity index (χ0) is 31.9. The Kier molecular flexibility index (Phi) is 6.84. The summed E-state index contributed by atoms with van der Waals surface area (Å²) >= 11 is 0. The Labute approximate surface area is 279 Å². The zero-order valence-electron chi connectivity index (χ0n) is 26.2. The lowest BCUT2D eigenvalue weighted by Crippen LogP contribution is -1.88. The number of hydrogen-bond donors (Lipinski definition) is 0. The fourth-order valence-electron chi connectivity index (χ4n) is 6.97. The van der Waals surface area contributed by atoms with Crippen LogP contribution in [0.5, 0.6) is 0 Å². The highest BCUT2D eigenvalue weighted by Crippen LogP contribution is 2.38. The molecule has 0 bridgehead atoms. The number of nitrogens with zero attached hydrogens (tertiary/aromatic N) is 2. The number of benzene rings is 7. The van der Waals surface area contributed by atoms with Crippen LogP contribution in [0.25, 0.3) is 88.1 Å². The van der Waals surface area contributed by atoms with Gasteiger partial charge in [0.25, 0.3) is 0 Å². The molecule has 0 saturated heterocycles. The van der Waals surface area contributed by atoms with E-state index in [0.717, 1.165) is 33.5 Å². The third-order valence-electron chi connectivity index (χ3n) is 9.40. The fraction of sp³-hybridized carbons (Fsp3) is 0. The number of aromatic nitrogens is 2. The molecule has 0 spiro atoms. The normalized spacial score (nSPS) is 11.3. The minimum absolute atomic E-state index is 0.953. The van der Waals surface area contributed by atoms with Gasteiger partial charge in [0.05, 0.1) is 5.69 Å². The highest BCUT2D eigenvalue weighted by atomic mass is 14.7. The van der Waals surface area contributed by atoms with Crippen molar-refractivity contribution in [3.05, 3.63) is 182 Å². The van der Waals surface area contributed by atoms with Crippen molar-refractivity contribution in [2.45, 2.75) is 0 Å². The summed E-state index contributed by atoms with van der Waals surface area (Å²) in [4.78, 5) is 8.98. The minimum atomic E-state index is 0.953. The standard InChI is InChI=1S/C46H30N2/c1-2-11-42-40(9-1)41-10-3-4-12-43(41)45-29-35(22-23-44(42)45)33-18-14-31(15-19-33)32-16-20-34(21-17-32)37-26-38(36-8-7-24-47-30-36)28-39(27-37)46-13-5-6-25-48-46/h1-30H. The molecule has 0 aliphatic heterocycles. The Morgan fingerprint density at radius 2 is 0.750 bits per heavy atom. The van der Waals surface area contributed by atoms with Crippen molar-refractivity contribution < 1.29 is 0 Å². The summed E-state index contributed by atoms with van der Waals surface area (Å²) < 4.78 is 0. The van der Waals surface area contributed by atoms with Crippen LogP contribution in [0.15, 0.2) is 182 Å². The van der Waals surface area contributed by atoms with E-state index in [4.69, 9.17) is 0 Å². The molecule has 0 amide bonds. The van der Waals surface area contributed by atoms with Crippen LogP contribution in [0.4, 0.5) is 0 Å². The summed E-state index contributed by atoms with van der Waals surface area (Å²) in [5.41, 5.74) is 11.4. The zero-order valence-corrected chi connectivity index (χ0v) is 26.2. The molecule has 0 saturated carbocycles. The number of rotatable bonds is 5. The summed E-state index contributed by atoms with van der Waals surface area (Å²) in [7, 11) is 0. The predicted molar refractivity (Wildman–Crippen MR) is 202 cm³/mol. The molecule has 9 rings (SSSR count). The lowest BCUT2D eigenvalue weighted by Gasteiger charge is -2.12. The molecule has 0 unspecified atom stereocenters. The van der Waals surface area contributed by atoms with Crippen molar-refractivity contribution in [3.63, 3.8) is 0 Å². The van der Waals surface area contributed by atoms with Gasteiger partial charge in [-0.2, -0.15) is 0 Å². The van der Waals surface area contributed by atoms with E-state index in [9.17, 15) is 0 Å². The molecule has 7 aromatic carbocycles. The Bertz CT molecular complexity index is 2480. The lowest BCUT2D eigenvalue weighted by atomic mass is 9.91. The molecule has 0 radical (unpaired) electrons. The predicted octanol–water partition coefficient (Wildman–Crippen LogP) is 12.3. The average Bonchev–Trinajstić information content (AvgIpc) is 3.18. The quantitative estimate of drug-likeness (QED) is 0.181. The van der Waals surface area contributed by atoms with Gasteiger partial charge in [-0.25, -0.2) is 0 Å². The molecule has 2 heterocycles. The van der Waals surface area contributed by atoms with E-state index in [0.29, 0.717) is 0 Å². The maximum Gasteiger partial charge on any atom is 0.0702 e. The van der Waals surface area contributed by atoms with E-state index >= 15 is 0 Å². The molecule has 0 aliphatic carbocycles. The van der Waals surface area contributed by atoms with E-state index in [1.807, 2.05) is 36.8 Å². The smallest absolute Gasteiger partial charge is 0.0702 e. The van der Waals surface area contributed by atoms with Crippen LogP contribution in [0.1, 0.15) is 0 Å². The van der Waals surface area contributed by atoms with Crippen LogP contribution in [-0.4, -0.2) is 9.97 Å². The van der Waals surface area contributed by atoms with Gasteiger partial charge in [0.2, 0.25) is 0 Å². The largest absolute Gasteiger partial charge is 0.264 e. The molecule has 0 aliphatic rings. The fourth-order valence-corrected chi connectivity index (χ4v) is 6.97. The van der Waals surface area contributed by atoms with E-state index in [-0.39, 0.29) is 0 Å². The van der Waals surface area contributed by atoms with Crippen LogP contribution >= 0.6 is 0 Å². The van der Waals surface area contributed by atoms with Gasteiger partial charge in [0, 0.05) is 29.7 Å². The second kappa shape index (κ2) is 11.8. The van der Waals surface area contributed by atoms with Gasteiger partial charge < -0.3 is 0 Å². The maximum atomic E-state index is 4.63. The second-order valence-electron chi connectivity index (χ2n) is 12.3. The van der Waals surface area contributed by atoms with Crippen molar-refractivity contribution in [2.75, 3.05) is 0 Å². The van der Waals surface area contributed by atoms with Crippen LogP contribution in [0.3, 0.4) is 0 Å². The van der Waals surface area contributed by atoms with E-state index in [2.05, 4.69) is 156 Å². The summed E-state index contributed by atoms with van der Waals surface area (Å²) in [5, 5.41) is 7.78. The first kappa shape index (κ1) is 27.9. The van der Waals surface area contributed by atoms with Crippen molar-refractivity contribution in [3.8, 4) is 55.8 Å². The number of fused-ring (bicyclic) bond motifs is 6. The Morgan fingerprint density at radius 1 is 0.271 bits per heavy atom. The summed E-state index contributed by atoms with van der Waals surface area (Å²) in [6.45, 7) is 0. The van der Waals surface area contributed by atoms with Gasteiger partial charge in [0.15, 0.2) is 0 Å². The third-order valence-corrected chi connectivity index (χ3v) is 9.40. The van der Waals surface area contributed by atoms with Gasteiger partial charge in [0.1, 0.15) is 0 Å². The minimum Gasteiger partial charge on any atom is -0.264 e. The van der Waals surface area contributed by atoms with Gasteiger partial charge in [-0.3, -0.25) is 9.97 Å². The van der Waals surface area contributed by atoms with Crippen molar-refractivity contribution >= 4 is 32.3 Å². The summed E-state index contributed by atoms with van der Waals surface area (Å²) in [6, 6.07) is 59.0. The highest BCUT2D eigenvalue weighted by Gasteiger charge is 2.11. The first-order chi connectivity index (χ1) is 23.8. The van der Waals surface area contributed by atoms with Gasteiger partial charge in [-0.15, -0.1) is 0 Å². The summed E-state index contributed by atoms with van der Waals surface area (Å²) in [5.74, 6) is 0. The SMILES string of the molecule is c1ccc(-c2cc(-c3ccc(-c4ccc(-c5ccc6c7ccccc7c7ccccc7c6c5)cc4)cc3)cc(-c3cccnc3)c2)nc1. The van der Waals surface area contributed by atoms with Crippen LogP contribution in [-0.2, 0) is 0 Å². The molecule has 0 atom stereocenters. The second-order valence-corrected chi connectivity index (χ2v) is 12.3. The Morgan fingerprint density at radius 3 is 1.31 bits per heavy atom. The molecular weight excluding hydrogens is 581 g/mol. The van der Waals surface area contributed by atoms with E-state index < -0.39 is 0 Å². The molecule has 2 aromatic heterocycles. The van der Waals surface area contributed by atoms with Gasteiger partial charge in [-0.05, 0) is 114 Å². The maximum absolute atomic E-state index is 4.63. The van der Waals surface area contributed by atoms with Gasteiger partial charge in [-0.1, -0.05) is 121 Å².